The molecule has 2 aliphatic rings. The standard InChI is InChI=1S/C18H20F2N2O/c1-11-17(10-22-9-12-3-2-4-14(22)7-12)21-18(23-11)15-6-5-13(19)8-16(15)20/h5-6,8,12,14H,2-4,7,9-10H2,1H3/t12-,14+/m1/s1. The summed E-state index contributed by atoms with van der Waals surface area (Å²) < 4.78 is 32.6. The molecule has 5 heteroatoms. The number of hydrogen-bond acceptors (Lipinski definition) is 3. The van der Waals surface area contributed by atoms with Crippen LogP contribution in [0.5, 0.6) is 0 Å². The van der Waals surface area contributed by atoms with Crippen LogP contribution in [0.2, 0.25) is 0 Å². The Morgan fingerprint density at radius 3 is 2.96 bits per heavy atom. The number of aryl methyl sites for hydroxylation is 1. The summed E-state index contributed by atoms with van der Waals surface area (Å²) in [6, 6.07) is 4.11. The van der Waals surface area contributed by atoms with Gasteiger partial charge in [0.25, 0.3) is 0 Å². The third-order valence-electron chi connectivity index (χ3n) is 5.17. The van der Waals surface area contributed by atoms with Crippen molar-refractivity contribution in [2.24, 2.45) is 5.92 Å². The first-order valence-corrected chi connectivity index (χ1v) is 8.26. The lowest BCUT2D eigenvalue weighted by Gasteiger charge is -2.23. The molecule has 2 fully saturated rings. The lowest BCUT2D eigenvalue weighted by molar-refractivity contribution is 0.233. The van der Waals surface area contributed by atoms with Crippen LogP contribution in [0.4, 0.5) is 8.78 Å². The summed E-state index contributed by atoms with van der Waals surface area (Å²) in [7, 11) is 0. The highest BCUT2D eigenvalue weighted by Crippen LogP contribution is 2.36. The second-order valence-corrected chi connectivity index (χ2v) is 6.76. The van der Waals surface area contributed by atoms with Gasteiger partial charge in [-0.25, -0.2) is 13.8 Å². The molecule has 122 valence electrons. The van der Waals surface area contributed by atoms with E-state index < -0.39 is 11.6 Å². The number of halogens is 2. The molecule has 1 aromatic heterocycles. The van der Waals surface area contributed by atoms with Gasteiger partial charge >= 0.3 is 0 Å². The van der Waals surface area contributed by atoms with Crippen molar-refractivity contribution in [1.82, 2.24) is 9.88 Å². The molecule has 1 saturated heterocycles. The van der Waals surface area contributed by atoms with Crippen LogP contribution in [0, 0.1) is 24.5 Å². The number of fused-ring (bicyclic) bond motifs is 2. The maximum absolute atomic E-state index is 13.9. The van der Waals surface area contributed by atoms with E-state index in [2.05, 4.69) is 9.88 Å². The lowest BCUT2D eigenvalue weighted by atomic mass is 9.90. The van der Waals surface area contributed by atoms with E-state index >= 15 is 0 Å². The fourth-order valence-electron chi connectivity index (χ4n) is 3.98. The lowest BCUT2D eigenvalue weighted by Crippen LogP contribution is -2.28. The van der Waals surface area contributed by atoms with Gasteiger partial charge in [0.1, 0.15) is 17.4 Å². The predicted octanol–water partition coefficient (Wildman–Crippen LogP) is 4.30. The van der Waals surface area contributed by atoms with Gasteiger partial charge in [-0.1, -0.05) is 6.42 Å². The van der Waals surface area contributed by atoms with E-state index in [0.717, 1.165) is 30.8 Å². The van der Waals surface area contributed by atoms with Crippen LogP contribution in [0.1, 0.15) is 37.1 Å². The zero-order chi connectivity index (χ0) is 16.0. The Labute approximate surface area is 134 Å². The minimum absolute atomic E-state index is 0.209. The first-order chi connectivity index (χ1) is 11.1. The molecule has 2 bridgehead atoms. The molecule has 1 saturated carbocycles. The summed E-state index contributed by atoms with van der Waals surface area (Å²) in [6.07, 6.45) is 5.19. The summed E-state index contributed by atoms with van der Waals surface area (Å²) in [5.74, 6) is 0.520. The Balaban J connectivity index is 1.58. The number of rotatable bonds is 3. The highest BCUT2D eigenvalue weighted by molar-refractivity contribution is 5.54. The highest BCUT2D eigenvalue weighted by atomic mass is 19.1. The molecule has 1 aromatic carbocycles. The average Bonchev–Trinajstić information content (AvgIpc) is 3.00. The predicted molar refractivity (Wildman–Crippen MR) is 82.7 cm³/mol. The zero-order valence-corrected chi connectivity index (χ0v) is 13.2. The zero-order valence-electron chi connectivity index (χ0n) is 13.2. The number of nitrogens with zero attached hydrogens (tertiary/aromatic N) is 2. The van der Waals surface area contributed by atoms with Crippen LogP contribution in [-0.2, 0) is 6.54 Å². The van der Waals surface area contributed by atoms with E-state index in [1.807, 2.05) is 6.92 Å². The molecule has 1 aliphatic heterocycles. The van der Waals surface area contributed by atoms with E-state index in [1.165, 1.54) is 37.8 Å². The third-order valence-corrected chi connectivity index (χ3v) is 5.17. The van der Waals surface area contributed by atoms with Crippen LogP contribution in [0.25, 0.3) is 11.5 Å². The SMILES string of the molecule is Cc1oc(-c2ccc(F)cc2F)nc1CN1C[C@@H]2CCC[C@H]1C2. The first-order valence-electron chi connectivity index (χ1n) is 8.26. The molecule has 2 atom stereocenters. The Morgan fingerprint density at radius 2 is 2.17 bits per heavy atom. The van der Waals surface area contributed by atoms with E-state index in [4.69, 9.17) is 4.42 Å². The summed E-state index contributed by atoms with van der Waals surface area (Å²) in [5.41, 5.74) is 1.07. The second kappa shape index (κ2) is 5.71. The van der Waals surface area contributed by atoms with E-state index in [-0.39, 0.29) is 11.5 Å². The van der Waals surface area contributed by atoms with Crippen molar-refractivity contribution >= 4 is 0 Å². The number of likely N-dealkylation sites (tertiary alicyclic amines) is 1. The Kier molecular flexibility index (Phi) is 3.68. The molecule has 2 aromatic rings. The van der Waals surface area contributed by atoms with Crippen molar-refractivity contribution in [3.63, 3.8) is 0 Å². The van der Waals surface area contributed by atoms with Gasteiger partial charge in [0.2, 0.25) is 5.89 Å². The number of aromatic nitrogens is 1. The first kappa shape index (κ1) is 14.8. The van der Waals surface area contributed by atoms with E-state index in [9.17, 15) is 8.78 Å². The molecule has 0 unspecified atom stereocenters. The molecule has 3 nitrogen and oxygen atoms in total. The van der Waals surface area contributed by atoms with Crippen molar-refractivity contribution < 1.29 is 13.2 Å². The fraction of sp³-hybridized carbons (Fsp3) is 0.500. The van der Waals surface area contributed by atoms with Gasteiger partial charge in [-0.3, -0.25) is 4.90 Å². The molecule has 4 rings (SSSR count). The monoisotopic (exact) mass is 318 g/mol. The minimum atomic E-state index is -0.644. The van der Waals surface area contributed by atoms with Crippen molar-refractivity contribution in [2.45, 2.75) is 45.2 Å². The summed E-state index contributed by atoms with van der Waals surface area (Å²) in [5, 5.41) is 0. The quantitative estimate of drug-likeness (QED) is 0.845. The molecule has 1 aliphatic carbocycles. The molecular weight excluding hydrogens is 298 g/mol. The van der Waals surface area contributed by atoms with Crippen molar-refractivity contribution in [1.29, 1.82) is 0 Å². The Morgan fingerprint density at radius 1 is 1.30 bits per heavy atom. The van der Waals surface area contributed by atoms with Crippen molar-refractivity contribution in [3.05, 3.63) is 41.3 Å². The van der Waals surface area contributed by atoms with Crippen molar-refractivity contribution in [2.75, 3.05) is 6.54 Å². The topological polar surface area (TPSA) is 29.3 Å². The molecule has 0 amide bonds. The van der Waals surface area contributed by atoms with Gasteiger partial charge in [0, 0.05) is 25.2 Å². The number of hydrogen-bond donors (Lipinski definition) is 0. The van der Waals surface area contributed by atoms with Gasteiger partial charge in [0.15, 0.2) is 0 Å². The van der Waals surface area contributed by atoms with Crippen LogP contribution in [0.15, 0.2) is 22.6 Å². The fourth-order valence-corrected chi connectivity index (χ4v) is 3.98. The smallest absolute Gasteiger partial charge is 0.229 e. The van der Waals surface area contributed by atoms with Crippen LogP contribution >= 0.6 is 0 Å². The maximum atomic E-state index is 13.9. The normalized spacial score (nSPS) is 24.3. The molecule has 0 N–H and O–H groups in total. The van der Waals surface area contributed by atoms with E-state index in [0.29, 0.717) is 11.8 Å². The van der Waals surface area contributed by atoms with Crippen LogP contribution in [-0.4, -0.2) is 22.5 Å². The summed E-state index contributed by atoms with van der Waals surface area (Å²) in [4.78, 5) is 6.96. The van der Waals surface area contributed by atoms with Gasteiger partial charge in [-0.2, -0.15) is 0 Å². The summed E-state index contributed by atoms with van der Waals surface area (Å²) in [6.45, 7) is 3.73. The van der Waals surface area contributed by atoms with Gasteiger partial charge in [0.05, 0.1) is 11.3 Å². The van der Waals surface area contributed by atoms with Crippen molar-refractivity contribution in [3.8, 4) is 11.5 Å². The molecule has 0 spiro atoms. The number of benzene rings is 1. The largest absolute Gasteiger partial charge is 0.441 e. The average molecular weight is 318 g/mol. The summed E-state index contributed by atoms with van der Waals surface area (Å²) >= 11 is 0. The Bertz CT molecular complexity index is 728. The number of oxazole rings is 1. The van der Waals surface area contributed by atoms with Gasteiger partial charge in [-0.05, 0) is 44.2 Å². The molecule has 0 radical (unpaired) electrons. The van der Waals surface area contributed by atoms with Gasteiger partial charge in [-0.15, -0.1) is 0 Å². The minimum Gasteiger partial charge on any atom is -0.441 e. The van der Waals surface area contributed by atoms with Crippen LogP contribution < -0.4 is 0 Å². The third kappa shape index (κ3) is 2.78. The second-order valence-electron chi connectivity index (χ2n) is 6.76. The highest BCUT2D eigenvalue weighted by Gasteiger charge is 2.35. The molecule has 2 heterocycles. The maximum Gasteiger partial charge on any atom is 0.229 e. The van der Waals surface area contributed by atoms with E-state index in [1.54, 1.807) is 0 Å². The molecule has 23 heavy (non-hydrogen) atoms. The Hall–Kier alpha value is -1.75. The van der Waals surface area contributed by atoms with Crippen LogP contribution in [0.3, 0.4) is 0 Å². The van der Waals surface area contributed by atoms with Gasteiger partial charge < -0.3 is 4.42 Å². The molecular formula is C18H20F2N2O.